The molecule has 11 nitrogen and oxygen atoms in total. The van der Waals surface area contributed by atoms with E-state index in [1.807, 2.05) is 19.0 Å². The van der Waals surface area contributed by atoms with Gasteiger partial charge in [0.25, 0.3) is 17.4 Å². The van der Waals surface area contributed by atoms with Crippen LogP contribution in [-0.2, 0) is 14.3 Å². The van der Waals surface area contributed by atoms with Crippen LogP contribution in [0.1, 0.15) is 38.9 Å². The SMILES string of the molecule is COC(=O)c1[nH]c(C)c(C(O)=C2C(=O)C(=O)N(CCN(C)C)C2c2ccc([N+](=O)[O-])cc2)c1C. The Morgan fingerprint density at radius 1 is 1.24 bits per heavy atom. The summed E-state index contributed by atoms with van der Waals surface area (Å²) >= 11 is 0. The van der Waals surface area contributed by atoms with Crippen LogP contribution in [0, 0.1) is 24.0 Å². The number of ketones is 1. The van der Waals surface area contributed by atoms with E-state index in [9.17, 15) is 29.6 Å². The number of likely N-dealkylation sites (N-methyl/N-ethyl adjacent to an activating group) is 1. The first-order chi connectivity index (χ1) is 16.0. The van der Waals surface area contributed by atoms with Crippen molar-refractivity contribution in [3.8, 4) is 0 Å². The molecule has 1 aliphatic rings. The molecule has 1 aromatic carbocycles. The highest BCUT2D eigenvalue weighted by atomic mass is 16.6. The Hall–Kier alpha value is -3.99. The third kappa shape index (κ3) is 4.29. The van der Waals surface area contributed by atoms with Gasteiger partial charge in [0.2, 0.25) is 0 Å². The number of carbonyl (C=O) groups is 3. The van der Waals surface area contributed by atoms with Crippen molar-refractivity contribution in [3.63, 3.8) is 0 Å². The maximum Gasteiger partial charge on any atom is 0.354 e. The average molecular weight is 470 g/mol. The van der Waals surface area contributed by atoms with Crippen molar-refractivity contribution < 1.29 is 29.2 Å². The number of nitro benzene ring substituents is 1. The molecule has 1 unspecified atom stereocenters. The fourth-order valence-corrected chi connectivity index (χ4v) is 4.09. The topological polar surface area (TPSA) is 146 Å². The molecule has 0 saturated carbocycles. The zero-order chi connectivity index (χ0) is 25.3. The van der Waals surface area contributed by atoms with Crippen LogP contribution in [0.2, 0.25) is 0 Å². The van der Waals surface area contributed by atoms with E-state index in [0.29, 0.717) is 23.4 Å². The molecule has 11 heteroatoms. The second kappa shape index (κ2) is 9.48. The highest BCUT2D eigenvalue weighted by Gasteiger charge is 2.46. The van der Waals surface area contributed by atoms with Gasteiger partial charge in [0.05, 0.1) is 23.6 Å². The molecule has 3 rings (SSSR count). The average Bonchev–Trinajstić information content (AvgIpc) is 3.23. The van der Waals surface area contributed by atoms with Crippen molar-refractivity contribution in [2.45, 2.75) is 19.9 Å². The number of Topliss-reactive ketones (excluding diaryl/α,β-unsaturated/α-hetero) is 1. The molecule has 1 fully saturated rings. The van der Waals surface area contributed by atoms with Crippen molar-refractivity contribution in [3.05, 3.63) is 68.0 Å². The third-order valence-electron chi connectivity index (χ3n) is 5.81. The summed E-state index contributed by atoms with van der Waals surface area (Å²) in [5.74, 6) is -2.74. The number of aliphatic hydroxyl groups is 1. The number of hydrogen-bond acceptors (Lipinski definition) is 8. The van der Waals surface area contributed by atoms with Gasteiger partial charge in [-0.15, -0.1) is 0 Å². The lowest BCUT2D eigenvalue weighted by Gasteiger charge is -2.26. The van der Waals surface area contributed by atoms with E-state index in [-0.39, 0.29) is 29.1 Å². The quantitative estimate of drug-likeness (QED) is 0.157. The number of ether oxygens (including phenoxy) is 1. The summed E-state index contributed by atoms with van der Waals surface area (Å²) in [5.41, 5.74) is 1.26. The van der Waals surface area contributed by atoms with Gasteiger partial charge in [-0.05, 0) is 51.2 Å². The Labute approximate surface area is 195 Å². The summed E-state index contributed by atoms with van der Waals surface area (Å²) in [7, 11) is 4.86. The van der Waals surface area contributed by atoms with Crippen LogP contribution in [0.25, 0.3) is 5.76 Å². The first kappa shape index (κ1) is 24.6. The minimum absolute atomic E-state index is 0.121. The molecular formula is C23H26N4O7. The predicted molar refractivity (Wildman–Crippen MR) is 122 cm³/mol. The molecule has 2 heterocycles. The molecule has 1 saturated heterocycles. The maximum absolute atomic E-state index is 13.1. The molecule has 180 valence electrons. The fourth-order valence-electron chi connectivity index (χ4n) is 4.09. The Morgan fingerprint density at radius 2 is 1.85 bits per heavy atom. The number of carbonyl (C=O) groups excluding carboxylic acids is 3. The van der Waals surface area contributed by atoms with Gasteiger partial charge in [-0.2, -0.15) is 0 Å². The van der Waals surface area contributed by atoms with Gasteiger partial charge >= 0.3 is 5.97 Å². The lowest BCUT2D eigenvalue weighted by molar-refractivity contribution is -0.384. The number of hydrogen-bond donors (Lipinski definition) is 2. The van der Waals surface area contributed by atoms with Gasteiger partial charge in [0, 0.05) is 36.5 Å². The smallest absolute Gasteiger partial charge is 0.354 e. The van der Waals surface area contributed by atoms with Crippen LogP contribution >= 0.6 is 0 Å². The number of amides is 1. The number of esters is 1. The van der Waals surface area contributed by atoms with Gasteiger partial charge in [-0.3, -0.25) is 19.7 Å². The van der Waals surface area contributed by atoms with Crippen LogP contribution in [-0.4, -0.2) is 76.8 Å². The number of aromatic nitrogens is 1. The van der Waals surface area contributed by atoms with Crippen molar-refractivity contribution in [2.75, 3.05) is 34.3 Å². The monoisotopic (exact) mass is 470 g/mol. The highest BCUT2D eigenvalue weighted by Crippen LogP contribution is 2.41. The number of non-ortho nitro benzene ring substituents is 1. The number of nitrogens with zero attached hydrogens (tertiary/aromatic N) is 3. The number of aryl methyl sites for hydroxylation is 1. The van der Waals surface area contributed by atoms with Crippen LogP contribution in [0.15, 0.2) is 29.8 Å². The molecule has 0 spiro atoms. The summed E-state index contributed by atoms with van der Waals surface area (Å²) in [6.45, 7) is 3.85. The molecule has 2 N–H and O–H groups in total. The molecule has 1 atom stereocenters. The normalized spacial score (nSPS) is 17.5. The number of aliphatic hydroxyl groups excluding tert-OH is 1. The summed E-state index contributed by atoms with van der Waals surface area (Å²) in [6, 6.07) is 4.52. The van der Waals surface area contributed by atoms with Crippen LogP contribution in [0.5, 0.6) is 0 Å². The number of rotatable bonds is 7. The second-order valence-corrected chi connectivity index (χ2v) is 8.26. The van der Waals surface area contributed by atoms with Gasteiger partial charge in [0.1, 0.15) is 11.5 Å². The van der Waals surface area contributed by atoms with Crippen molar-refractivity contribution in [2.24, 2.45) is 0 Å². The minimum Gasteiger partial charge on any atom is -0.507 e. The summed E-state index contributed by atoms with van der Waals surface area (Å²) in [5, 5.41) is 22.4. The van der Waals surface area contributed by atoms with E-state index in [1.54, 1.807) is 13.8 Å². The first-order valence-electron chi connectivity index (χ1n) is 10.4. The van der Waals surface area contributed by atoms with E-state index in [4.69, 9.17) is 4.74 Å². The van der Waals surface area contributed by atoms with E-state index < -0.39 is 34.4 Å². The number of methoxy groups -OCH3 is 1. The minimum atomic E-state index is -0.962. The van der Waals surface area contributed by atoms with Crippen LogP contribution in [0.3, 0.4) is 0 Å². The number of H-pyrrole nitrogens is 1. The first-order valence-corrected chi connectivity index (χ1v) is 10.4. The molecular weight excluding hydrogens is 444 g/mol. The van der Waals surface area contributed by atoms with E-state index in [2.05, 4.69) is 4.98 Å². The third-order valence-corrected chi connectivity index (χ3v) is 5.81. The molecule has 0 bridgehead atoms. The van der Waals surface area contributed by atoms with E-state index in [1.165, 1.54) is 36.3 Å². The van der Waals surface area contributed by atoms with Crippen molar-refractivity contribution in [1.82, 2.24) is 14.8 Å². The summed E-state index contributed by atoms with van der Waals surface area (Å²) < 4.78 is 4.76. The van der Waals surface area contributed by atoms with Crippen LogP contribution in [0.4, 0.5) is 5.69 Å². The zero-order valence-corrected chi connectivity index (χ0v) is 19.5. The number of nitrogens with one attached hydrogen (secondary N) is 1. The Morgan fingerprint density at radius 3 is 2.38 bits per heavy atom. The Kier molecular flexibility index (Phi) is 6.87. The number of aromatic amines is 1. The summed E-state index contributed by atoms with van der Waals surface area (Å²) in [4.78, 5) is 54.8. The van der Waals surface area contributed by atoms with Gasteiger partial charge in [-0.25, -0.2) is 4.79 Å². The molecule has 1 aromatic heterocycles. The molecule has 0 radical (unpaired) electrons. The zero-order valence-electron chi connectivity index (χ0n) is 19.5. The highest BCUT2D eigenvalue weighted by molar-refractivity contribution is 6.46. The molecule has 0 aliphatic carbocycles. The fraction of sp³-hybridized carbons (Fsp3) is 0.348. The largest absolute Gasteiger partial charge is 0.507 e. The maximum atomic E-state index is 13.1. The lowest BCUT2D eigenvalue weighted by atomic mass is 9.94. The van der Waals surface area contributed by atoms with Gasteiger partial charge in [0.15, 0.2) is 0 Å². The van der Waals surface area contributed by atoms with E-state index in [0.717, 1.165) is 0 Å². The number of likely N-dealkylation sites (tertiary alicyclic amines) is 1. The molecule has 1 amide bonds. The lowest BCUT2D eigenvalue weighted by Crippen LogP contribution is -2.35. The Balaban J connectivity index is 2.22. The molecule has 34 heavy (non-hydrogen) atoms. The van der Waals surface area contributed by atoms with Gasteiger partial charge in [-0.1, -0.05) is 0 Å². The van der Waals surface area contributed by atoms with E-state index >= 15 is 0 Å². The molecule has 1 aliphatic heterocycles. The number of nitro groups is 1. The van der Waals surface area contributed by atoms with Crippen molar-refractivity contribution in [1.29, 1.82) is 0 Å². The van der Waals surface area contributed by atoms with Crippen LogP contribution < -0.4 is 0 Å². The summed E-state index contributed by atoms with van der Waals surface area (Å²) in [6.07, 6.45) is 0. The molecule has 2 aromatic rings. The van der Waals surface area contributed by atoms with Crippen molar-refractivity contribution >= 4 is 29.1 Å². The number of benzene rings is 1. The predicted octanol–water partition coefficient (Wildman–Crippen LogP) is 2.31. The standard InChI is InChI=1S/C23H26N4O7/c1-12-16(13(2)24-18(12)23(31)34-5)20(28)17-19(14-6-8-15(9-7-14)27(32)33)26(11-10-25(3)4)22(30)21(17)29/h6-9,19,24,28H,10-11H2,1-5H3. The Bertz CT molecular complexity index is 1190. The van der Waals surface area contributed by atoms with Gasteiger partial charge < -0.3 is 24.6 Å². The second-order valence-electron chi connectivity index (χ2n) is 8.26.